The van der Waals surface area contributed by atoms with E-state index in [0.717, 1.165) is 73.4 Å². The van der Waals surface area contributed by atoms with Crippen LogP contribution >= 0.6 is 11.6 Å². The molecule has 0 bridgehead atoms. The number of anilines is 1. The smallest absolute Gasteiger partial charge is 0.161 e. The first-order valence-electron chi connectivity index (χ1n) is 8.36. The fourth-order valence-electron chi connectivity index (χ4n) is 2.83. The summed E-state index contributed by atoms with van der Waals surface area (Å²) in [6, 6.07) is 9.90. The van der Waals surface area contributed by atoms with Gasteiger partial charge in [-0.2, -0.15) is 0 Å². The van der Waals surface area contributed by atoms with Crippen molar-refractivity contribution in [1.29, 1.82) is 0 Å². The fourth-order valence-corrected chi connectivity index (χ4v) is 2.96. The second kappa shape index (κ2) is 7.75. The third-order valence-corrected chi connectivity index (χ3v) is 4.29. The van der Waals surface area contributed by atoms with Crippen molar-refractivity contribution in [2.24, 2.45) is 0 Å². The van der Waals surface area contributed by atoms with Gasteiger partial charge in [0.25, 0.3) is 0 Å². The van der Waals surface area contributed by atoms with Crippen LogP contribution < -0.4 is 10.2 Å². The molecule has 1 saturated heterocycles. The summed E-state index contributed by atoms with van der Waals surface area (Å²) in [7, 11) is 0. The van der Waals surface area contributed by atoms with Gasteiger partial charge in [0.05, 0.1) is 0 Å². The zero-order valence-electron chi connectivity index (χ0n) is 13.6. The molecule has 0 radical (unpaired) electrons. The molecule has 1 aromatic carbocycles. The van der Waals surface area contributed by atoms with E-state index < -0.39 is 0 Å². The Morgan fingerprint density at radius 3 is 2.74 bits per heavy atom. The van der Waals surface area contributed by atoms with Crippen LogP contribution in [0.1, 0.15) is 25.5 Å². The molecule has 5 heteroatoms. The van der Waals surface area contributed by atoms with E-state index >= 15 is 0 Å². The number of aryl methyl sites for hydroxylation is 1. The third kappa shape index (κ3) is 4.21. The van der Waals surface area contributed by atoms with Crippen LogP contribution in [0, 0.1) is 0 Å². The summed E-state index contributed by atoms with van der Waals surface area (Å²) >= 11 is 6.00. The van der Waals surface area contributed by atoms with E-state index in [-0.39, 0.29) is 0 Å². The van der Waals surface area contributed by atoms with E-state index in [0.29, 0.717) is 0 Å². The van der Waals surface area contributed by atoms with Crippen molar-refractivity contribution in [3.63, 3.8) is 0 Å². The van der Waals surface area contributed by atoms with E-state index in [2.05, 4.69) is 23.2 Å². The Hall–Kier alpha value is -1.65. The van der Waals surface area contributed by atoms with Gasteiger partial charge in [-0.15, -0.1) is 0 Å². The van der Waals surface area contributed by atoms with Gasteiger partial charge in [0.15, 0.2) is 5.82 Å². The summed E-state index contributed by atoms with van der Waals surface area (Å²) < 4.78 is 0. The van der Waals surface area contributed by atoms with Crippen LogP contribution in [0.15, 0.2) is 30.3 Å². The standard InChI is InChI=1S/C18H23ClN4/c1-2-4-16-13-17(23-11-3-9-20-10-12-23)22-18(21-16)14-5-7-15(19)8-6-14/h5-8,13,20H,2-4,9-12H2,1H3. The lowest BCUT2D eigenvalue weighted by Crippen LogP contribution is -2.29. The first-order valence-corrected chi connectivity index (χ1v) is 8.73. The normalized spacial score (nSPS) is 15.5. The predicted molar refractivity (Wildman–Crippen MR) is 96.2 cm³/mol. The van der Waals surface area contributed by atoms with Crippen LogP contribution in [0.2, 0.25) is 5.02 Å². The average Bonchev–Trinajstić information content (AvgIpc) is 2.85. The average molecular weight is 331 g/mol. The van der Waals surface area contributed by atoms with Gasteiger partial charge in [0, 0.05) is 42.0 Å². The SMILES string of the molecule is CCCc1cc(N2CCCNCC2)nc(-c2ccc(Cl)cc2)n1. The van der Waals surface area contributed by atoms with Gasteiger partial charge in [0.2, 0.25) is 0 Å². The molecule has 0 amide bonds. The molecule has 122 valence electrons. The Morgan fingerprint density at radius 1 is 1.13 bits per heavy atom. The molecule has 0 spiro atoms. The highest BCUT2D eigenvalue weighted by molar-refractivity contribution is 6.30. The maximum Gasteiger partial charge on any atom is 0.161 e. The van der Waals surface area contributed by atoms with E-state index in [1.807, 2.05) is 24.3 Å². The largest absolute Gasteiger partial charge is 0.355 e. The molecular weight excluding hydrogens is 308 g/mol. The number of nitrogens with zero attached hydrogens (tertiary/aromatic N) is 3. The minimum absolute atomic E-state index is 0.734. The van der Waals surface area contributed by atoms with Crippen LogP contribution in [0.3, 0.4) is 0 Å². The molecule has 2 aromatic rings. The summed E-state index contributed by atoms with van der Waals surface area (Å²) in [6.45, 7) is 6.29. The number of benzene rings is 1. The van der Waals surface area contributed by atoms with Crippen LogP contribution in [0.4, 0.5) is 5.82 Å². The first-order chi connectivity index (χ1) is 11.3. The molecular formula is C18H23ClN4. The van der Waals surface area contributed by atoms with Crippen molar-refractivity contribution in [3.05, 3.63) is 41.0 Å². The molecule has 1 aliphatic heterocycles. The second-order valence-corrected chi connectivity index (χ2v) is 6.33. The summed E-state index contributed by atoms with van der Waals surface area (Å²) in [5.41, 5.74) is 2.13. The number of hydrogen-bond donors (Lipinski definition) is 1. The van der Waals surface area contributed by atoms with Crippen LogP contribution in [-0.4, -0.2) is 36.1 Å². The molecule has 0 saturated carbocycles. The predicted octanol–water partition coefficient (Wildman–Crippen LogP) is 3.55. The Morgan fingerprint density at radius 2 is 1.96 bits per heavy atom. The van der Waals surface area contributed by atoms with Crippen molar-refractivity contribution in [3.8, 4) is 11.4 Å². The van der Waals surface area contributed by atoms with Gasteiger partial charge in [0.1, 0.15) is 5.82 Å². The molecule has 0 aliphatic carbocycles. The molecule has 23 heavy (non-hydrogen) atoms. The molecule has 3 rings (SSSR count). The molecule has 4 nitrogen and oxygen atoms in total. The van der Waals surface area contributed by atoms with Gasteiger partial charge in [-0.1, -0.05) is 24.9 Å². The van der Waals surface area contributed by atoms with Crippen LogP contribution in [0.5, 0.6) is 0 Å². The lowest BCUT2D eigenvalue weighted by molar-refractivity contribution is 0.724. The van der Waals surface area contributed by atoms with E-state index in [1.165, 1.54) is 0 Å². The number of hydrogen-bond acceptors (Lipinski definition) is 4. The molecule has 0 unspecified atom stereocenters. The Labute approximate surface area is 142 Å². The highest BCUT2D eigenvalue weighted by Crippen LogP contribution is 2.23. The van der Waals surface area contributed by atoms with E-state index in [4.69, 9.17) is 21.6 Å². The fraction of sp³-hybridized carbons (Fsp3) is 0.444. The van der Waals surface area contributed by atoms with E-state index in [1.54, 1.807) is 0 Å². The lowest BCUT2D eigenvalue weighted by atomic mass is 10.2. The summed E-state index contributed by atoms with van der Waals surface area (Å²) in [5.74, 6) is 1.83. The zero-order chi connectivity index (χ0) is 16.1. The Kier molecular flexibility index (Phi) is 5.47. The monoisotopic (exact) mass is 330 g/mol. The van der Waals surface area contributed by atoms with Gasteiger partial charge in [-0.05, 0) is 43.7 Å². The van der Waals surface area contributed by atoms with E-state index in [9.17, 15) is 0 Å². The highest BCUT2D eigenvalue weighted by atomic mass is 35.5. The highest BCUT2D eigenvalue weighted by Gasteiger charge is 2.14. The summed E-state index contributed by atoms with van der Waals surface area (Å²) in [6.07, 6.45) is 3.20. The molecule has 1 aliphatic rings. The molecule has 1 fully saturated rings. The van der Waals surface area contributed by atoms with Gasteiger partial charge >= 0.3 is 0 Å². The number of nitrogens with one attached hydrogen (secondary N) is 1. The Bertz CT molecular complexity index is 634. The van der Waals surface area contributed by atoms with Crippen molar-refractivity contribution < 1.29 is 0 Å². The number of halogens is 1. The van der Waals surface area contributed by atoms with Crippen molar-refractivity contribution in [2.75, 3.05) is 31.1 Å². The molecule has 1 aromatic heterocycles. The Balaban J connectivity index is 1.96. The van der Waals surface area contributed by atoms with Gasteiger partial charge in [-0.25, -0.2) is 9.97 Å². The number of rotatable bonds is 4. The second-order valence-electron chi connectivity index (χ2n) is 5.89. The summed E-state index contributed by atoms with van der Waals surface area (Å²) in [5, 5.41) is 4.17. The molecule has 0 atom stereocenters. The first kappa shape index (κ1) is 16.2. The van der Waals surface area contributed by atoms with Crippen LogP contribution in [0.25, 0.3) is 11.4 Å². The third-order valence-electron chi connectivity index (χ3n) is 4.04. The minimum Gasteiger partial charge on any atom is -0.355 e. The maximum absolute atomic E-state index is 6.00. The minimum atomic E-state index is 0.734. The summed E-state index contributed by atoms with van der Waals surface area (Å²) in [4.78, 5) is 11.9. The quantitative estimate of drug-likeness (QED) is 0.930. The van der Waals surface area contributed by atoms with Crippen molar-refractivity contribution in [1.82, 2.24) is 15.3 Å². The lowest BCUT2D eigenvalue weighted by Gasteiger charge is -2.22. The number of aromatic nitrogens is 2. The topological polar surface area (TPSA) is 41.0 Å². The van der Waals surface area contributed by atoms with Crippen LogP contribution in [-0.2, 0) is 6.42 Å². The van der Waals surface area contributed by atoms with Crippen molar-refractivity contribution >= 4 is 17.4 Å². The maximum atomic E-state index is 6.00. The molecule has 1 N–H and O–H groups in total. The zero-order valence-corrected chi connectivity index (χ0v) is 14.3. The molecule has 2 heterocycles. The van der Waals surface area contributed by atoms with Gasteiger partial charge in [-0.3, -0.25) is 0 Å². The van der Waals surface area contributed by atoms with Gasteiger partial charge < -0.3 is 10.2 Å². The van der Waals surface area contributed by atoms with Crippen molar-refractivity contribution in [2.45, 2.75) is 26.2 Å².